The highest BCUT2D eigenvalue weighted by molar-refractivity contribution is 5.94. The third kappa shape index (κ3) is 6.09. The Bertz CT molecular complexity index is 1000. The molecular formula is C25H25NO5. The van der Waals surface area contributed by atoms with Crippen LogP contribution in [0.4, 0.5) is 0 Å². The number of hydrogen-bond acceptors (Lipinski definition) is 5. The zero-order valence-corrected chi connectivity index (χ0v) is 17.5. The highest BCUT2D eigenvalue weighted by Gasteiger charge is 2.19. The fraction of sp³-hybridized carbons (Fsp3) is 0.200. The van der Waals surface area contributed by atoms with Crippen LogP contribution in [0.25, 0.3) is 0 Å². The Labute approximate surface area is 181 Å². The van der Waals surface area contributed by atoms with Gasteiger partial charge in [0, 0.05) is 6.07 Å². The number of hydrogen-bond donors (Lipinski definition) is 1. The van der Waals surface area contributed by atoms with E-state index in [1.807, 2.05) is 60.7 Å². The van der Waals surface area contributed by atoms with E-state index in [1.165, 1.54) is 14.2 Å². The Kier molecular flexibility index (Phi) is 7.65. The van der Waals surface area contributed by atoms with Gasteiger partial charge in [-0.25, -0.2) is 4.79 Å². The van der Waals surface area contributed by atoms with Crippen LogP contribution in [0.1, 0.15) is 27.5 Å². The van der Waals surface area contributed by atoms with E-state index in [0.29, 0.717) is 17.9 Å². The molecular weight excluding hydrogens is 394 g/mol. The van der Waals surface area contributed by atoms with Gasteiger partial charge in [-0.1, -0.05) is 60.7 Å². The second-order valence-electron chi connectivity index (χ2n) is 6.86. The van der Waals surface area contributed by atoms with Crippen LogP contribution in [-0.4, -0.2) is 32.7 Å². The molecule has 1 amide bonds. The van der Waals surface area contributed by atoms with E-state index in [1.54, 1.807) is 18.2 Å². The molecule has 0 aliphatic heterocycles. The summed E-state index contributed by atoms with van der Waals surface area (Å²) in [5, 5.41) is 2.97. The Hall–Kier alpha value is -3.80. The van der Waals surface area contributed by atoms with Crippen LogP contribution >= 0.6 is 0 Å². The normalized spacial score (nSPS) is 11.3. The van der Waals surface area contributed by atoms with E-state index in [9.17, 15) is 9.59 Å². The van der Waals surface area contributed by atoms with E-state index in [4.69, 9.17) is 14.2 Å². The van der Waals surface area contributed by atoms with Crippen LogP contribution in [0, 0.1) is 0 Å². The lowest BCUT2D eigenvalue weighted by molar-refractivity contribution is -0.125. The first kappa shape index (κ1) is 21.9. The number of carbonyl (C=O) groups excluding carboxylic acids is 2. The summed E-state index contributed by atoms with van der Waals surface area (Å²) < 4.78 is 15.6. The number of ether oxygens (including phenoxy) is 3. The van der Waals surface area contributed by atoms with Gasteiger partial charge in [0.25, 0.3) is 5.91 Å². The van der Waals surface area contributed by atoms with Crippen molar-refractivity contribution in [1.82, 2.24) is 5.32 Å². The lowest BCUT2D eigenvalue weighted by Gasteiger charge is -2.19. The van der Waals surface area contributed by atoms with Crippen molar-refractivity contribution >= 4 is 11.9 Å². The predicted molar refractivity (Wildman–Crippen MR) is 117 cm³/mol. The molecule has 3 aromatic rings. The Morgan fingerprint density at radius 2 is 1.55 bits per heavy atom. The van der Waals surface area contributed by atoms with Crippen LogP contribution in [0.15, 0.2) is 78.9 Å². The monoisotopic (exact) mass is 419 g/mol. The summed E-state index contributed by atoms with van der Waals surface area (Å²) in [6.07, 6.45) is 0.622. The van der Waals surface area contributed by atoms with Crippen LogP contribution in [-0.2, 0) is 16.0 Å². The molecule has 3 rings (SSSR count). The maximum absolute atomic E-state index is 12.6. The standard InChI is InChI=1S/C25H25NO5/c1-29-20-13-14-21(23(16-20)30-2)25(28)31-17-24(27)26-22(19-11-7-4-8-12-19)15-18-9-5-3-6-10-18/h3-14,16,22H,15,17H2,1-2H3,(H,26,27)/t22-/m1/s1. The van der Waals surface area contributed by atoms with Crippen LogP contribution in [0.5, 0.6) is 11.5 Å². The second kappa shape index (κ2) is 10.8. The van der Waals surface area contributed by atoms with Crippen molar-refractivity contribution < 1.29 is 23.8 Å². The van der Waals surface area contributed by atoms with Crippen molar-refractivity contribution in [3.05, 3.63) is 95.6 Å². The highest BCUT2D eigenvalue weighted by atomic mass is 16.5. The van der Waals surface area contributed by atoms with Crippen molar-refractivity contribution in [1.29, 1.82) is 0 Å². The fourth-order valence-electron chi connectivity index (χ4n) is 3.20. The fourth-order valence-corrected chi connectivity index (χ4v) is 3.20. The van der Waals surface area contributed by atoms with E-state index in [0.717, 1.165) is 11.1 Å². The summed E-state index contributed by atoms with van der Waals surface area (Å²) in [6.45, 7) is -0.397. The molecule has 31 heavy (non-hydrogen) atoms. The van der Waals surface area contributed by atoms with Crippen molar-refractivity contribution in [3.8, 4) is 11.5 Å². The molecule has 0 aliphatic rings. The zero-order chi connectivity index (χ0) is 22.1. The van der Waals surface area contributed by atoms with Gasteiger partial charge in [-0.2, -0.15) is 0 Å². The van der Waals surface area contributed by atoms with Crippen LogP contribution in [0.3, 0.4) is 0 Å². The van der Waals surface area contributed by atoms with Gasteiger partial charge < -0.3 is 19.5 Å². The first-order valence-electron chi connectivity index (χ1n) is 9.88. The SMILES string of the molecule is COc1ccc(C(=O)OCC(=O)N[C@H](Cc2ccccc2)c2ccccc2)c(OC)c1. The lowest BCUT2D eigenvalue weighted by Crippen LogP contribution is -2.33. The molecule has 0 aromatic heterocycles. The minimum atomic E-state index is -0.644. The Morgan fingerprint density at radius 1 is 0.871 bits per heavy atom. The second-order valence-corrected chi connectivity index (χ2v) is 6.86. The molecule has 3 aromatic carbocycles. The molecule has 1 atom stereocenters. The summed E-state index contributed by atoms with van der Waals surface area (Å²) >= 11 is 0. The topological polar surface area (TPSA) is 73.9 Å². The number of carbonyl (C=O) groups is 2. The smallest absolute Gasteiger partial charge is 0.342 e. The molecule has 0 bridgehead atoms. The summed E-state index contributed by atoms with van der Waals surface area (Å²) in [6, 6.07) is 24.1. The Morgan fingerprint density at radius 3 is 2.19 bits per heavy atom. The summed E-state index contributed by atoms with van der Waals surface area (Å²) in [5.74, 6) is -0.159. The molecule has 0 saturated carbocycles. The zero-order valence-electron chi connectivity index (χ0n) is 17.5. The van der Waals surface area contributed by atoms with Gasteiger partial charge in [0.2, 0.25) is 0 Å². The van der Waals surface area contributed by atoms with Gasteiger partial charge in [0.1, 0.15) is 17.1 Å². The molecule has 0 saturated heterocycles. The first-order chi connectivity index (χ1) is 15.1. The first-order valence-corrected chi connectivity index (χ1v) is 9.88. The number of nitrogens with one attached hydrogen (secondary N) is 1. The average molecular weight is 419 g/mol. The van der Waals surface area contributed by atoms with Crippen LogP contribution < -0.4 is 14.8 Å². The third-order valence-electron chi connectivity index (χ3n) is 4.78. The number of amides is 1. The molecule has 0 heterocycles. The van der Waals surface area contributed by atoms with E-state index < -0.39 is 12.6 Å². The van der Waals surface area contributed by atoms with Crippen molar-refractivity contribution in [2.45, 2.75) is 12.5 Å². The average Bonchev–Trinajstić information content (AvgIpc) is 2.82. The predicted octanol–water partition coefficient (Wildman–Crippen LogP) is 3.96. The molecule has 6 heteroatoms. The number of methoxy groups -OCH3 is 2. The van der Waals surface area contributed by atoms with Crippen molar-refractivity contribution in [2.24, 2.45) is 0 Å². The van der Waals surface area contributed by atoms with E-state index >= 15 is 0 Å². The largest absolute Gasteiger partial charge is 0.497 e. The molecule has 160 valence electrons. The highest BCUT2D eigenvalue weighted by Crippen LogP contribution is 2.25. The van der Waals surface area contributed by atoms with Crippen LogP contribution in [0.2, 0.25) is 0 Å². The number of esters is 1. The van der Waals surface area contributed by atoms with Gasteiger partial charge in [-0.05, 0) is 29.7 Å². The van der Waals surface area contributed by atoms with Crippen molar-refractivity contribution in [2.75, 3.05) is 20.8 Å². The molecule has 0 radical (unpaired) electrons. The minimum absolute atomic E-state index is 0.222. The van der Waals surface area contributed by atoms with Gasteiger partial charge in [0.15, 0.2) is 6.61 Å². The van der Waals surface area contributed by atoms with E-state index in [-0.39, 0.29) is 17.5 Å². The van der Waals surface area contributed by atoms with E-state index in [2.05, 4.69) is 5.32 Å². The quantitative estimate of drug-likeness (QED) is 0.532. The molecule has 0 unspecified atom stereocenters. The van der Waals surface area contributed by atoms with Crippen molar-refractivity contribution in [3.63, 3.8) is 0 Å². The molecule has 6 nitrogen and oxygen atoms in total. The van der Waals surface area contributed by atoms with Gasteiger partial charge in [-0.15, -0.1) is 0 Å². The molecule has 1 N–H and O–H groups in total. The molecule has 0 aliphatic carbocycles. The van der Waals surface area contributed by atoms with Gasteiger partial charge in [-0.3, -0.25) is 4.79 Å². The summed E-state index contributed by atoms with van der Waals surface area (Å²) in [5.41, 5.74) is 2.29. The third-order valence-corrected chi connectivity index (χ3v) is 4.78. The Balaban J connectivity index is 1.65. The van der Waals surface area contributed by atoms with Gasteiger partial charge in [0.05, 0.1) is 20.3 Å². The molecule has 0 spiro atoms. The lowest BCUT2D eigenvalue weighted by atomic mass is 9.99. The molecule has 0 fully saturated rings. The minimum Gasteiger partial charge on any atom is -0.497 e. The number of rotatable bonds is 9. The number of benzene rings is 3. The van der Waals surface area contributed by atoms with Gasteiger partial charge >= 0.3 is 5.97 Å². The summed E-state index contributed by atoms with van der Waals surface area (Å²) in [4.78, 5) is 25.0. The summed E-state index contributed by atoms with van der Waals surface area (Å²) in [7, 11) is 2.97. The maximum atomic E-state index is 12.6. The maximum Gasteiger partial charge on any atom is 0.342 e.